The van der Waals surface area contributed by atoms with Crippen LogP contribution < -0.4 is 16.0 Å². The summed E-state index contributed by atoms with van der Waals surface area (Å²) in [5.41, 5.74) is 0. The maximum atomic E-state index is 11.9. The molecule has 3 aromatic rings. The van der Waals surface area contributed by atoms with E-state index in [1.165, 1.54) is 11.3 Å². The average Bonchev–Trinajstić information content (AvgIpc) is 3.07. The van der Waals surface area contributed by atoms with Crippen LogP contribution in [0.4, 0.5) is 17.5 Å². The summed E-state index contributed by atoms with van der Waals surface area (Å²) in [6, 6.07) is 12.6. The molecule has 0 unspecified atom stereocenters. The highest BCUT2D eigenvalue weighted by Gasteiger charge is 2.07. The maximum absolute atomic E-state index is 11.9. The molecule has 0 radical (unpaired) electrons. The Morgan fingerprint density at radius 1 is 1.00 bits per heavy atom. The third-order valence-electron chi connectivity index (χ3n) is 3.10. The number of hydrogen-bond acceptors (Lipinski definition) is 7. The van der Waals surface area contributed by atoms with Crippen molar-refractivity contribution in [2.24, 2.45) is 0 Å². The Bertz CT molecular complexity index is 824. The lowest BCUT2D eigenvalue weighted by Crippen LogP contribution is -2.28. The van der Waals surface area contributed by atoms with Crippen LogP contribution in [0.25, 0.3) is 0 Å². The number of anilines is 3. The Morgan fingerprint density at radius 3 is 2.52 bits per heavy atom. The number of carbonyl (C=O) groups is 1. The van der Waals surface area contributed by atoms with E-state index in [1.807, 2.05) is 18.2 Å². The van der Waals surface area contributed by atoms with Crippen molar-refractivity contribution in [2.75, 3.05) is 23.7 Å². The summed E-state index contributed by atoms with van der Waals surface area (Å²) in [6.45, 7) is 0.997. The van der Waals surface area contributed by atoms with Crippen molar-refractivity contribution in [1.82, 2.24) is 20.5 Å². The zero-order chi connectivity index (χ0) is 17.5. The molecular formula is C16H15ClN6OS. The van der Waals surface area contributed by atoms with Gasteiger partial charge < -0.3 is 16.0 Å². The molecule has 0 spiro atoms. The number of nitrogens with one attached hydrogen (secondary N) is 3. The van der Waals surface area contributed by atoms with Gasteiger partial charge in [0, 0.05) is 19.3 Å². The van der Waals surface area contributed by atoms with Gasteiger partial charge in [-0.3, -0.25) is 4.79 Å². The van der Waals surface area contributed by atoms with Gasteiger partial charge >= 0.3 is 0 Å². The van der Waals surface area contributed by atoms with Crippen LogP contribution in [0, 0.1) is 0 Å². The topological polar surface area (TPSA) is 91.8 Å². The van der Waals surface area contributed by atoms with Gasteiger partial charge in [-0.25, -0.2) is 4.98 Å². The number of halogens is 1. The smallest absolute Gasteiger partial charge is 0.261 e. The van der Waals surface area contributed by atoms with Crippen molar-refractivity contribution >= 4 is 46.3 Å². The second-order valence-corrected chi connectivity index (χ2v) is 6.65. The van der Waals surface area contributed by atoms with E-state index >= 15 is 0 Å². The van der Waals surface area contributed by atoms with E-state index in [-0.39, 0.29) is 5.91 Å². The first-order chi connectivity index (χ1) is 12.2. The highest BCUT2D eigenvalue weighted by molar-refractivity contribution is 7.17. The van der Waals surface area contributed by atoms with E-state index in [0.717, 1.165) is 0 Å². The van der Waals surface area contributed by atoms with Crippen LogP contribution in [0.5, 0.6) is 0 Å². The first kappa shape index (κ1) is 17.1. The fraction of sp³-hybridized carbons (Fsp3) is 0.125. The van der Waals surface area contributed by atoms with E-state index in [9.17, 15) is 4.79 Å². The van der Waals surface area contributed by atoms with Gasteiger partial charge in [-0.05, 0) is 36.4 Å². The standard InChI is InChI=1S/C16H15ClN6OS/c17-12-5-4-11(25-12)16(24)20-10-9-19-14-6-7-15(23-22-14)21-13-3-1-2-8-18-13/h1-8H,9-10H2,(H,19,22)(H,20,24)(H,18,21,23). The van der Waals surface area contributed by atoms with Crippen molar-refractivity contribution in [2.45, 2.75) is 0 Å². The lowest BCUT2D eigenvalue weighted by molar-refractivity contribution is 0.0959. The quantitative estimate of drug-likeness (QED) is 0.550. The van der Waals surface area contributed by atoms with Gasteiger partial charge in [0.2, 0.25) is 0 Å². The highest BCUT2D eigenvalue weighted by Crippen LogP contribution is 2.21. The van der Waals surface area contributed by atoms with Crippen molar-refractivity contribution in [1.29, 1.82) is 0 Å². The summed E-state index contributed by atoms with van der Waals surface area (Å²) in [4.78, 5) is 16.6. The van der Waals surface area contributed by atoms with E-state index in [4.69, 9.17) is 11.6 Å². The molecule has 1 amide bonds. The van der Waals surface area contributed by atoms with Crippen LogP contribution in [0.1, 0.15) is 9.67 Å². The minimum atomic E-state index is -0.139. The summed E-state index contributed by atoms with van der Waals surface area (Å²) in [5, 5.41) is 17.1. The molecule has 0 fully saturated rings. The van der Waals surface area contributed by atoms with Crippen LogP contribution in [-0.2, 0) is 0 Å². The largest absolute Gasteiger partial charge is 0.367 e. The molecule has 3 rings (SSSR count). The zero-order valence-corrected chi connectivity index (χ0v) is 14.6. The van der Waals surface area contributed by atoms with E-state index < -0.39 is 0 Å². The first-order valence-corrected chi connectivity index (χ1v) is 8.69. The lowest BCUT2D eigenvalue weighted by Gasteiger charge is -2.07. The van der Waals surface area contributed by atoms with Gasteiger partial charge in [-0.15, -0.1) is 21.5 Å². The molecule has 3 aromatic heterocycles. The van der Waals surface area contributed by atoms with Crippen molar-refractivity contribution < 1.29 is 4.79 Å². The normalized spacial score (nSPS) is 10.3. The van der Waals surface area contributed by atoms with E-state index in [2.05, 4.69) is 31.1 Å². The number of amides is 1. The number of nitrogens with zero attached hydrogens (tertiary/aromatic N) is 3. The first-order valence-electron chi connectivity index (χ1n) is 7.50. The molecule has 25 heavy (non-hydrogen) atoms. The number of hydrogen-bond donors (Lipinski definition) is 3. The van der Waals surface area contributed by atoms with Gasteiger partial charge in [-0.1, -0.05) is 17.7 Å². The summed E-state index contributed by atoms with van der Waals surface area (Å²) in [5.74, 6) is 1.79. The summed E-state index contributed by atoms with van der Waals surface area (Å²) >= 11 is 7.06. The molecule has 0 bridgehead atoms. The molecule has 0 atom stereocenters. The van der Waals surface area contributed by atoms with Gasteiger partial charge in [0.25, 0.3) is 5.91 Å². The molecule has 128 valence electrons. The molecule has 7 nitrogen and oxygen atoms in total. The molecule has 9 heteroatoms. The van der Waals surface area contributed by atoms with Crippen LogP contribution in [-0.4, -0.2) is 34.2 Å². The summed E-state index contributed by atoms with van der Waals surface area (Å²) in [7, 11) is 0. The van der Waals surface area contributed by atoms with Gasteiger partial charge in [0.1, 0.15) is 11.6 Å². The summed E-state index contributed by atoms with van der Waals surface area (Å²) < 4.78 is 0.595. The molecule has 3 heterocycles. The number of aromatic nitrogens is 3. The maximum Gasteiger partial charge on any atom is 0.261 e. The SMILES string of the molecule is O=C(NCCNc1ccc(Nc2ccccn2)nn1)c1ccc(Cl)s1. The Kier molecular flexibility index (Phi) is 5.76. The molecule has 0 aliphatic carbocycles. The second kappa shape index (κ2) is 8.41. The molecule has 0 aromatic carbocycles. The third-order valence-corrected chi connectivity index (χ3v) is 4.33. The predicted octanol–water partition coefficient (Wildman–Crippen LogP) is 3.17. The van der Waals surface area contributed by atoms with Gasteiger partial charge in [-0.2, -0.15) is 0 Å². The number of carbonyl (C=O) groups excluding carboxylic acids is 1. The Labute approximate surface area is 153 Å². The molecular weight excluding hydrogens is 360 g/mol. The summed E-state index contributed by atoms with van der Waals surface area (Å²) in [6.07, 6.45) is 1.70. The fourth-order valence-electron chi connectivity index (χ4n) is 1.95. The lowest BCUT2D eigenvalue weighted by atomic mass is 10.4. The van der Waals surface area contributed by atoms with Gasteiger partial charge in [0.05, 0.1) is 9.21 Å². The van der Waals surface area contributed by atoms with Crippen molar-refractivity contribution in [3.63, 3.8) is 0 Å². The van der Waals surface area contributed by atoms with Crippen molar-refractivity contribution in [3.05, 3.63) is 57.9 Å². The number of rotatable bonds is 7. The monoisotopic (exact) mass is 374 g/mol. The molecule has 0 aliphatic rings. The van der Waals surface area contributed by atoms with Crippen LogP contribution >= 0.6 is 22.9 Å². The minimum absolute atomic E-state index is 0.139. The predicted molar refractivity (Wildman–Crippen MR) is 99.7 cm³/mol. The van der Waals surface area contributed by atoms with E-state index in [1.54, 1.807) is 30.5 Å². The fourth-order valence-corrected chi connectivity index (χ4v) is 2.91. The zero-order valence-electron chi connectivity index (χ0n) is 13.1. The Hall–Kier alpha value is -2.71. The number of thiophene rings is 1. The molecule has 0 saturated heterocycles. The third kappa shape index (κ3) is 5.13. The molecule has 0 saturated carbocycles. The molecule has 3 N–H and O–H groups in total. The second-order valence-electron chi connectivity index (χ2n) is 4.93. The van der Waals surface area contributed by atoms with Crippen LogP contribution in [0.15, 0.2) is 48.7 Å². The molecule has 0 aliphatic heterocycles. The average molecular weight is 375 g/mol. The highest BCUT2D eigenvalue weighted by atomic mass is 35.5. The van der Waals surface area contributed by atoms with Crippen LogP contribution in [0.3, 0.4) is 0 Å². The van der Waals surface area contributed by atoms with Crippen LogP contribution in [0.2, 0.25) is 4.34 Å². The van der Waals surface area contributed by atoms with Crippen molar-refractivity contribution in [3.8, 4) is 0 Å². The Balaban J connectivity index is 1.42. The minimum Gasteiger partial charge on any atom is -0.367 e. The van der Waals surface area contributed by atoms with Gasteiger partial charge in [0.15, 0.2) is 5.82 Å². The number of pyridine rings is 1. The van der Waals surface area contributed by atoms with E-state index in [0.29, 0.717) is 39.8 Å². The Morgan fingerprint density at radius 2 is 1.84 bits per heavy atom.